The van der Waals surface area contributed by atoms with E-state index in [0.29, 0.717) is 11.6 Å². The maximum Gasteiger partial charge on any atom is 0.279 e. The summed E-state index contributed by atoms with van der Waals surface area (Å²) in [6.45, 7) is 2.58. The molecular weight excluding hydrogens is 309 g/mol. The van der Waals surface area contributed by atoms with Gasteiger partial charge in [0.25, 0.3) is 11.8 Å². The average molecular weight is 336 g/mol. The summed E-state index contributed by atoms with van der Waals surface area (Å²) in [5, 5.41) is 5.73. The van der Waals surface area contributed by atoms with E-state index in [1.807, 2.05) is 0 Å². The minimum absolute atomic E-state index is 0.0233. The second kappa shape index (κ2) is 8.78. The van der Waals surface area contributed by atoms with Crippen LogP contribution in [0.25, 0.3) is 0 Å². The first-order chi connectivity index (χ1) is 11.4. The Morgan fingerprint density at radius 2 is 1.92 bits per heavy atom. The van der Waals surface area contributed by atoms with Crippen LogP contribution in [0.4, 0.5) is 10.1 Å². The highest BCUT2D eigenvalue weighted by Gasteiger charge is 2.24. The summed E-state index contributed by atoms with van der Waals surface area (Å²) in [5.41, 5.74) is 0.424. The molecule has 1 aromatic carbocycles. The van der Waals surface area contributed by atoms with Gasteiger partial charge >= 0.3 is 0 Å². The molecule has 0 spiro atoms. The van der Waals surface area contributed by atoms with Crippen LogP contribution in [-0.4, -0.2) is 38.0 Å². The number of rotatable bonds is 6. The summed E-state index contributed by atoms with van der Waals surface area (Å²) in [5.74, 6) is -0.143. The minimum atomic E-state index is -0.394. The molecule has 0 aromatic heterocycles. The van der Waals surface area contributed by atoms with Gasteiger partial charge in [-0.15, -0.1) is 0 Å². The van der Waals surface area contributed by atoms with Crippen LogP contribution in [0.15, 0.2) is 24.3 Å². The van der Waals surface area contributed by atoms with Crippen molar-refractivity contribution in [2.75, 3.05) is 25.5 Å². The average Bonchev–Trinajstić information content (AvgIpc) is 2.49. The number of hydrogen-bond donors (Lipinski definition) is 3. The van der Waals surface area contributed by atoms with Gasteiger partial charge < -0.3 is 15.5 Å². The molecule has 0 heterocycles. The van der Waals surface area contributed by atoms with Gasteiger partial charge in [0.05, 0.1) is 7.05 Å². The van der Waals surface area contributed by atoms with E-state index in [4.69, 9.17) is 0 Å². The molecule has 0 saturated heterocycles. The SMILES string of the molecule is C[C@H]1CCCC[C@H]1NC(=O)C[NH+](C)CC(=O)Nc1cccc(F)c1. The van der Waals surface area contributed by atoms with Gasteiger partial charge in [-0.2, -0.15) is 0 Å². The highest BCUT2D eigenvalue weighted by atomic mass is 19.1. The van der Waals surface area contributed by atoms with Crippen molar-refractivity contribution < 1.29 is 18.9 Å². The first kappa shape index (κ1) is 18.4. The van der Waals surface area contributed by atoms with Crippen LogP contribution in [0.5, 0.6) is 0 Å². The lowest BCUT2D eigenvalue weighted by atomic mass is 9.86. The van der Waals surface area contributed by atoms with Crippen molar-refractivity contribution in [1.82, 2.24) is 5.32 Å². The molecule has 5 nitrogen and oxygen atoms in total. The zero-order valence-corrected chi connectivity index (χ0v) is 14.4. The van der Waals surface area contributed by atoms with Crippen molar-refractivity contribution in [3.8, 4) is 0 Å². The maximum atomic E-state index is 13.1. The van der Waals surface area contributed by atoms with Crippen LogP contribution in [0.1, 0.15) is 32.6 Å². The fourth-order valence-corrected chi connectivity index (χ4v) is 3.17. The van der Waals surface area contributed by atoms with E-state index < -0.39 is 5.82 Å². The quantitative estimate of drug-likeness (QED) is 0.725. The number of carbonyl (C=O) groups excluding carboxylic acids is 2. The number of likely N-dealkylation sites (N-methyl/N-ethyl adjacent to an activating group) is 1. The molecule has 0 radical (unpaired) electrons. The summed E-state index contributed by atoms with van der Waals surface area (Å²) in [7, 11) is 1.80. The Morgan fingerprint density at radius 1 is 1.21 bits per heavy atom. The first-order valence-electron chi connectivity index (χ1n) is 8.60. The van der Waals surface area contributed by atoms with Crippen LogP contribution >= 0.6 is 0 Å². The lowest BCUT2D eigenvalue weighted by molar-refractivity contribution is -0.862. The third-order valence-electron chi connectivity index (χ3n) is 4.49. The molecular formula is C18H27FN3O2+. The lowest BCUT2D eigenvalue weighted by Gasteiger charge is -2.29. The zero-order chi connectivity index (χ0) is 17.5. The summed E-state index contributed by atoms with van der Waals surface area (Å²) in [4.78, 5) is 24.9. The number of anilines is 1. The molecule has 3 N–H and O–H groups in total. The Labute approximate surface area is 142 Å². The zero-order valence-electron chi connectivity index (χ0n) is 14.4. The Kier molecular flexibility index (Phi) is 6.73. The van der Waals surface area contributed by atoms with Gasteiger partial charge in [-0.3, -0.25) is 9.59 Å². The third kappa shape index (κ3) is 5.92. The van der Waals surface area contributed by atoms with Gasteiger partial charge in [-0.1, -0.05) is 25.8 Å². The van der Waals surface area contributed by atoms with E-state index >= 15 is 0 Å². The maximum absolute atomic E-state index is 13.1. The lowest BCUT2D eigenvalue weighted by Crippen LogP contribution is -3.11. The Bertz CT molecular complexity index is 579. The van der Waals surface area contributed by atoms with E-state index in [2.05, 4.69) is 17.6 Å². The van der Waals surface area contributed by atoms with Crippen LogP contribution in [-0.2, 0) is 9.59 Å². The van der Waals surface area contributed by atoms with Crippen molar-refractivity contribution >= 4 is 17.5 Å². The molecule has 1 aliphatic carbocycles. The molecule has 132 valence electrons. The van der Waals surface area contributed by atoms with E-state index in [1.54, 1.807) is 19.2 Å². The van der Waals surface area contributed by atoms with Gasteiger partial charge in [-0.25, -0.2) is 4.39 Å². The topological polar surface area (TPSA) is 62.6 Å². The van der Waals surface area contributed by atoms with E-state index in [-0.39, 0.29) is 30.9 Å². The van der Waals surface area contributed by atoms with E-state index in [1.165, 1.54) is 18.6 Å². The predicted octanol–water partition coefficient (Wildman–Crippen LogP) is 0.974. The van der Waals surface area contributed by atoms with Crippen molar-refractivity contribution in [3.63, 3.8) is 0 Å². The number of quaternary nitrogens is 1. The van der Waals surface area contributed by atoms with Crippen molar-refractivity contribution in [3.05, 3.63) is 30.1 Å². The molecule has 3 atom stereocenters. The molecule has 2 rings (SSSR count). The standard InChI is InChI=1S/C18H26FN3O2/c1-13-6-3-4-9-16(13)21-18(24)12-22(2)11-17(23)20-15-8-5-7-14(19)10-15/h5,7-8,10,13,16H,3-4,6,9,11-12H2,1-2H3,(H,20,23)(H,21,24)/p+1/t13-,16+/m0/s1. The molecule has 2 amide bonds. The van der Waals surface area contributed by atoms with Gasteiger partial charge in [0.2, 0.25) is 0 Å². The number of carbonyl (C=O) groups is 2. The Hall–Kier alpha value is -1.95. The van der Waals surface area contributed by atoms with Gasteiger partial charge in [0, 0.05) is 11.7 Å². The van der Waals surface area contributed by atoms with Gasteiger partial charge in [0.15, 0.2) is 13.1 Å². The second-order valence-electron chi connectivity index (χ2n) is 6.80. The second-order valence-corrected chi connectivity index (χ2v) is 6.80. The van der Waals surface area contributed by atoms with Crippen molar-refractivity contribution in [1.29, 1.82) is 0 Å². The fourth-order valence-electron chi connectivity index (χ4n) is 3.17. The molecule has 1 fully saturated rings. The minimum Gasteiger partial charge on any atom is -0.348 e. The summed E-state index contributed by atoms with van der Waals surface area (Å²) >= 11 is 0. The molecule has 6 heteroatoms. The number of halogens is 1. The van der Waals surface area contributed by atoms with E-state index in [0.717, 1.165) is 24.2 Å². The highest BCUT2D eigenvalue weighted by Crippen LogP contribution is 2.23. The number of nitrogens with one attached hydrogen (secondary N) is 3. The van der Waals surface area contributed by atoms with Gasteiger partial charge in [0.1, 0.15) is 5.82 Å². The van der Waals surface area contributed by atoms with Crippen LogP contribution in [0, 0.1) is 11.7 Å². The smallest absolute Gasteiger partial charge is 0.279 e. The number of amides is 2. The summed E-state index contributed by atoms with van der Waals surface area (Å²) in [6.07, 6.45) is 4.59. The third-order valence-corrected chi connectivity index (χ3v) is 4.49. The Balaban J connectivity index is 1.74. The predicted molar refractivity (Wildman–Crippen MR) is 91.2 cm³/mol. The molecule has 0 bridgehead atoms. The first-order valence-corrected chi connectivity index (χ1v) is 8.60. The fraction of sp³-hybridized carbons (Fsp3) is 0.556. The normalized spacial score (nSPS) is 21.8. The molecule has 1 unspecified atom stereocenters. The molecule has 1 aliphatic rings. The highest BCUT2D eigenvalue weighted by molar-refractivity contribution is 5.91. The number of benzene rings is 1. The summed E-state index contributed by atoms with van der Waals surface area (Å²) < 4.78 is 13.1. The van der Waals surface area contributed by atoms with Crippen LogP contribution < -0.4 is 15.5 Å². The van der Waals surface area contributed by atoms with Crippen molar-refractivity contribution in [2.24, 2.45) is 5.92 Å². The molecule has 0 aliphatic heterocycles. The van der Waals surface area contributed by atoms with Crippen molar-refractivity contribution in [2.45, 2.75) is 38.6 Å². The largest absolute Gasteiger partial charge is 0.348 e. The molecule has 1 aromatic rings. The van der Waals surface area contributed by atoms with Crippen LogP contribution in [0.3, 0.4) is 0 Å². The molecule has 1 saturated carbocycles. The summed E-state index contributed by atoms with van der Waals surface area (Å²) in [6, 6.07) is 6.02. The van der Waals surface area contributed by atoms with Crippen LogP contribution in [0.2, 0.25) is 0 Å². The number of hydrogen-bond acceptors (Lipinski definition) is 2. The van der Waals surface area contributed by atoms with Gasteiger partial charge in [-0.05, 0) is 37.0 Å². The monoisotopic (exact) mass is 336 g/mol. The Morgan fingerprint density at radius 3 is 2.62 bits per heavy atom. The van der Waals surface area contributed by atoms with E-state index in [9.17, 15) is 14.0 Å². The molecule has 24 heavy (non-hydrogen) atoms.